The summed E-state index contributed by atoms with van der Waals surface area (Å²) in [7, 11) is 1.51. The highest BCUT2D eigenvalue weighted by molar-refractivity contribution is 6.12. The Bertz CT molecular complexity index is 608. The van der Waals surface area contributed by atoms with Crippen molar-refractivity contribution in [3.05, 3.63) is 47.2 Å². The van der Waals surface area contributed by atoms with Crippen LogP contribution in [0.15, 0.2) is 46.6 Å². The van der Waals surface area contributed by atoms with Gasteiger partial charge in [-0.25, -0.2) is 0 Å². The molecule has 0 bridgehead atoms. The van der Waals surface area contributed by atoms with Crippen LogP contribution in [0.2, 0.25) is 0 Å². The zero-order valence-corrected chi connectivity index (χ0v) is 15.2. The molecule has 1 aromatic rings. The molecule has 0 spiro atoms. The second kappa shape index (κ2) is 11.8. The van der Waals surface area contributed by atoms with E-state index in [0.717, 1.165) is 5.56 Å². The lowest BCUT2D eigenvalue weighted by Gasteiger charge is -2.22. The molecule has 0 saturated heterocycles. The molecular formula is C18H28N4O3. The van der Waals surface area contributed by atoms with Gasteiger partial charge >= 0.3 is 0 Å². The maximum atomic E-state index is 12.3. The molecule has 1 aromatic carbocycles. The first-order valence-electron chi connectivity index (χ1n) is 8.07. The number of rotatable bonds is 7. The SMILES string of the molecule is CC.CN=C/C(C(=O)NC(Cc1ccccc1)C(O)C(N)=O)=C(/C)N. The Kier molecular flexibility index (Phi) is 10.5. The van der Waals surface area contributed by atoms with Crippen LogP contribution in [0.5, 0.6) is 0 Å². The standard InChI is InChI=1S/C16H22N4O3.C2H6/c1-10(17)12(9-19-2)16(23)20-13(14(21)15(18)22)8-11-6-4-3-5-7-11;1-2/h3-7,9,13-14,21H,8,17H2,1-2H3,(H2,18,22)(H,20,23);1-2H3/b12-10+,19-9?;. The lowest BCUT2D eigenvalue weighted by atomic mass is 10.00. The summed E-state index contributed by atoms with van der Waals surface area (Å²) in [5, 5.41) is 12.6. The summed E-state index contributed by atoms with van der Waals surface area (Å²) in [5.74, 6) is -1.44. The number of aliphatic imine (C=N–C) groups is 1. The Morgan fingerprint density at radius 3 is 2.24 bits per heavy atom. The molecule has 0 aliphatic carbocycles. The van der Waals surface area contributed by atoms with Crippen LogP contribution in [0.4, 0.5) is 0 Å². The minimum atomic E-state index is -1.52. The molecule has 7 heteroatoms. The molecule has 0 radical (unpaired) electrons. The van der Waals surface area contributed by atoms with Crippen LogP contribution in [-0.4, -0.2) is 42.3 Å². The Labute approximate surface area is 148 Å². The predicted octanol–water partition coefficient (Wildman–Crippen LogP) is 0.520. The predicted molar refractivity (Wildman–Crippen MR) is 99.9 cm³/mol. The topological polar surface area (TPSA) is 131 Å². The van der Waals surface area contributed by atoms with Crippen molar-refractivity contribution in [1.29, 1.82) is 0 Å². The van der Waals surface area contributed by atoms with Crippen LogP contribution in [0.1, 0.15) is 26.3 Å². The quantitative estimate of drug-likeness (QED) is 0.422. The molecule has 0 saturated carbocycles. The Balaban J connectivity index is 0.00000277. The average molecular weight is 348 g/mol. The van der Waals surface area contributed by atoms with Crippen molar-refractivity contribution in [3.63, 3.8) is 0 Å². The largest absolute Gasteiger partial charge is 0.402 e. The van der Waals surface area contributed by atoms with Gasteiger partial charge in [0.05, 0.1) is 11.6 Å². The van der Waals surface area contributed by atoms with Crippen LogP contribution in [0, 0.1) is 0 Å². The first-order valence-corrected chi connectivity index (χ1v) is 8.07. The lowest BCUT2D eigenvalue weighted by Crippen LogP contribution is -2.51. The Morgan fingerprint density at radius 1 is 1.24 bits per heavy atom. The number of amides is 2. The van der Waals surface area contributed by atoms with E-state index >= 15 is 0 Å². The van der Waals surface area contributed by atoms with Gasteiger partial charge in [-0.3, -0.25) is 14.6 Å². The fraction of sp³-hybridized carbons (Fsp3) is 0.389. The van der Waals surface area contributed by atoms with E-state index in [1.165, 1.54) is 13.3 Å². The van der Waals surface area contributed by atoms with Crippen molar-refractivity contribution in [1.82, 2.24) is 5.32 Å². The van der Waals surface area contributed by atoms with Crippen LogP contribution >= 0.6 is 0 Å². The number of nitrogens with two attached hydrogens (primary N) is 2. The summed E-state index contributed by atoms with van der Waals surface area (Å²) in [6, 6.07) is 8.27. The molecule has 25 heavy (non-hydrogen) atoms. The summed E-state index contributed by atoms with van der Waals surface area (Å²) < 4.78 is 0. The summed E-state index contributed by atoms with van der Waals surface area (Å²) >= 11 is 0. The normalized spacial score (nSPS) is 14.0. The van der Waals surface area contributed by atoms with Crippen LogP contribution < -0.4 is 16.8 Å². The fourth-order valence-electron chi connectivity index (χ4n) is 2.02. The second-order valence-corrected chi connectivity index (χ2v) is 5.10. The highest BCUT2D eigenvalue weighted by Gasteiger charge is 2.27. The highest BCUT2D eigenvalue weighted by atomic mass is 16.3. The van der Waals surface area contributed by atoms with Gasteiger partial charge in [-0.2, -0.15) is 0 Å². The molecule has 0 aromatic heterocycles. The van der Waals surface area contributed by atoms with Gasteiger partial charge in [0, 0.05) is 19.0 Å². The molecule has 2 atom stereocenters. The van der Waals surface area contributed by atoms with Crippen molar-refractivity contribution in [2.75, 3.05) is 7.05 Å². The molecule has 138 valence electrons. The third-order valence-corrected chi connectivity index (χ3v) is 3.22. The molecule has 0 heterocycles. The number of aliphatic hydroxyl groups is 1. The number of carbonyl (C=O) groups excluding carboxylic acids is 2. The fourth-order valence-corrected chi connectivity index (χ4v) is 2.02. The number of hydrogen-bond acceptors (Lipinski definition) is 5. The van der Waals surface area contributed by atoms with Crippen LogP contribution in [-0.2, 0) is 16.0 Å². The first kappa shape index (κ1) is 22.3. The van der Waals surface area contributed by atoms with Crippen LogP contribution in [0.25, 0.3) is 0 Å². The maximum absolute atomic E-state index is 12.3. The van der Waals surface area contributed by atoms with Gasteiger partial charge < -0.3 is 21.9 Å². The van der Waals surface area contributed by atoms with E-state index in [1.54, 1.807) is 6.92 Å². The highest BCUT2D eigenvalue weighted by Crippen LogP contribution is 2.08. The van der Waals surface area contributed by atoms with Gasteiger partial charge in [-0.15, -0.1) is 0 Å². The van der Waals surface area contributed by atoms with Gasteiger partial charge in [-0.05, 0) is 18.9 Å². The summed E-state index contributed by atoms with van der Waals surface area (Å²) in [5.41, 5.74) is 12.1. The van der Waals surface area contributed by atoms with Crippen molar-refractivity contribution < 1.29 is 14.7 Å². The second-order valence-electron chi connectivity index (χ2n) is 5.10. The van der Waals surface area contributed by atoms with E-state index in [1.807, 2.05) is 44.2 Å². The Hall–Kier alpha value is -2.67. The zero-order valence-electron chi connectivity index (χ0n) is 15.2. The third-order valence-electron chi connectivity index (χ3n) is 3.22. The molecule has 6 N–H and O–H groups in total. The van der Waals surface area contributed by atoms with Gasteiger partial charge in [0.25, 0.3) is 5.91 Å². The monoisotopic (exact) mass is 348 g/mol. The number of aliphatic hydroxyl groups excluding tert-OH is 1. The Morgan fingerprint density at radius 2 is 1.80 bits per heavy atom. The van der Waals surface area contributed by atoms with E-state index in [0.29, 0.717) is 0 Å². The average Bonchev–Trinajstić information content (AvgIpc) is 2.60. The number of allylic oxidation sites excluding steroid dienone is 1. The first-order chi connectivity index (χ1) is 11.9. The molecule has 2 unspecified atom stereocenters. The molecule has 2 amide bonds. The molecule has 0 fully saturated rings. The number of primary amides is 1. The van der Waals surface area contributed by atoms with Gasteiger partial charge in [0.2, 0.25) is 5.91 Å². The molecule has 1 rings (SSSR count). The summed E-state index contributed by atoms with van der Waals surface area (Å²) in [6.07, 6.45) is 0.0506. The number of hydrogen-bond donors (Lipinski definition) is 4. The minimum absolute atomic E-state index is 0.169. The van der Waals surface area contributed by atoms with Gasteiger partial charge in [0.15, 0.2) is 6.10 Å². The van der Waals surface area contributed by atoms with Crippen molar-refractivity contribution in [3.8, 4) is 0 Å². The van der Waals surface area contributed by atoms with E-state index in [9.17, 15) is 14.7 Å². The number of nitrogens with zero attached hydrogens (tertiary/aromatic N) is 1. The molecule has 0 aliphatic rings. The lowest BCUT2D eigenvalue weighted by molar-refractivity contribution is -0.128. The van der Waals surface area contributed by atoms with Crippen LogP contribution in [0.3, 0.4) is 0 Å². The van der Waals surface area contributed by atoms with Gasteiger partial charge in [0.1, 0.15) is 0 Å². The number of benzene rings is 1. The third kappa shape index (κ3) is 7.63. The van der Waals surface area contributed by atoms with Crippen molar-refractivity contribution in [2.24, 2.45) is 16.5 Å². The molecular weight excluding hydrogens is 320 g/mol. The maximum Gasteiger partial charge on any atom is 0.254 e. The van der Waals surface area contributed by atoms with E-state index in [2.05, 4.69) is 10.3 Å². The zero-order chi connectivity index (χ0) is 19.4. The summed E-state index contributed by atoms with van der Waals surface area (Å²) in [4.78, 5) is 27.4. The van der Waals surface area contributed by atoms with E-state index in [4.69, 9.17) is 11.5 Å². The minimum Gasteiger partial charge on any atom is -0.402 e. The molecule has 0 aliphatic heterocycles. The number of nitrogens with one attached hydrogen (secondary N) is 1. The van der Waals surface area contributed by atoms with E-state index < -0.39 is 24.0 Å². The van der Waals surface area contributed by atoms with E-state index in [-0.39, 0.29) is 17.7 Å². The number of carbonyl (C=O) groups is 2. The molecule has 7 nitrogen and oxygen atoms in total. The summed E-state index contributed by atoms with van der Waals surface area (Å²) in [6.45, 7) is 5.56. The van der Waals surface area contributed by atoms with Crippen molar-refractivity contribution in [2.45, 2.75) is 39.3 Å². The van der Waals surface area contributed by atoms with Crippen molar-refractivity contribution >= 4 is 18.0 Å². The van der Waals surface area contributed by atoms with Gasteiger partial charge in [-0.1, -0.05) is 44.2 Å². The smallest absolute Gasteiger partial charge is 0.254 e.